The van der Waals surface area contributed by atoms with E-state index in [4.69, 9.17) is 9.72 Å². The summed E-state index contributed by atoms with van der Waals surface area (Å²) in [5.74, 6) is 1.34. The number of nitrogens with one attached hydrogen (secondary N) is 2. The Labute approximate surface area is 163 Å². The van der Waals surface area contributed by atoms with E-state index in [-0.39, 0.29) is 5.91 Å². The van der Waals surface area contributed by atoms with Gasteiger partial charge in [-0.1, -0.05) is 0 Å². The fourth-order valence-electron chi connectivity index (χ4n) is 2.65. The number of H-pyrrole nitrogens is 1. The molecule has 140 valence electrons. The number of aromatic amines is 1. The van der Waals surface area contributed by atoms with E-state index in [9.17, 15) is 4.79 Å². The molecule has 0 unspecified atom stereocenters. The summed E-state index contributed by atoms with van der Waals surface area (Å²) in [5.41, 5.74) is 2.24. The van der Waals surface area contributed by atoms with Crippen molar-refractivity contribution in [3.8, 4) is 38.4 Å². The van der Waals surface area contributed by atoms with Gasteiger partial charge in [0.2, 0.25) is 11.8 Å². The molecule has 0 saturated carbocycles. The molecule has 0 aliphatic carbocycles. The number of hydrogen-bond donors (Lipinski definition) is 2. The first-order valence-electron chi connectivity index (χ1n) is 8.26. The smallest absolute Gasteiger partial charge is 0.222 e. The van der Waals surface area contributed by atoms with Crippen LogP contribution in [0.15, 0.2) is 43.0 Å². The fourth-order valence-corrected chi connectivity index (χ4v) is 3.67. The van der Waals surface area contributed by atoms with Crippen LogP contribution in [0.25, 0.3) is 32.5 Å². The SMILES string of the molecule is COc1ncccc1-c1nc(-c2ccnc(NC(C)=O)c2)sc1-c1nnc[nH]1. The first-order chi connectivity index (χ1) is 13.7. The number of nitrogens with zero attached hydrogens (tertiary/aromatic N) is 5. The highest BCUT2D eigenvalue weighted by Gasteiger charge is 2.21. The lowest BCUT2D eigenvalue weighted by Gasteiger charge is -2.05. The van der Waals surface area contributed by atoms with Gasteiger partial charge in [-0.3, -0.25) is 4.79 Å². The lowest BCUT2D eigenvalue weighted by molar-refractivity contribution is -0.114. The Morgan fingerprint density at radius 2 is 2.14 bits per heavy atom. The fraction of sp³-hybridized carbons (Fsp3) is 0.111. The van der Waals surface area contributed by atoms with Gasteiger partial charge in [-0.2, -0.15) is 0 Å². The first-order valence-corrected chi connectivity index (χ1v) is 9.08. The van der Waals surface area contributed by atoms with E-state index in [2.05, 4.69) is 30.5 Å². The van der Waals surface area contributed by atoms with Gasteiger partial charge in [0.05, 0.1) is 18.4 Å². The topological polar surface area (TPSA) is 119 Å². The van der Waals surface area contributed by atoms with Crippen molar-refractivity contribution in [3.05, 3.63) is 43.0 Å². The molecule has 4 rings (SSSR count). The maximum atomic E-state index is 11.3. The quantitative estimate of drug-likeness (QED) is 0.535. The van der Waals surface area contributed by atoms with Crippen molar-refractivity contribution in [3.63, 3.8) is 0 Å². The van der Waals surface area contributed by atoms with E-state index < -0.39 is 0 Å². The Morgan fingerprint density at radius 3 is 2.89 bits per heavy atom. The van der Waals surface area contributed by atoms with Crippen molar-refractivity contribution < 1.29 is 9.53 Å². The zero-order valence-electron chi connectivity index (χ0n) is 15.0. The molecule has 0 atom stereocenters. The Hall–Kier alpha value is -3.66. The zero-order chi connectivity index (χ0) is 19.5. The molecule has 4 aromatic heterocycles. The van der Waals surface area contributed by atoms with Gasteiger partial charge in [0.15, 0.2) is 5.82 Å². The lowest BCUT2D eigenvalue weighted by atomic mass is 10.1. The average Bonchev–Trinajstić information content (AvgIpc) is 3.37. The maximum absolute atomic E-state index is 11.3. The molecule has 0 radical (unpaired) electrons. The molecular formula is C18H15N7O2S. The van der Waals surface area contributed by atoms with Gasteiger partial charge < -0.3 is 15.0 Å². The van der Waals surface area contributed by atoms with Crippen LogP contribution in [-0.4, -0.2) is 43.2 Å². The summed E-state index contributed by atoms with van der Waals surface area (Å²) in [6.07, 6.45) is 4.80. The van der Waals surface area contributed by atoms with E-state index in [1.54, 1.807) is 25.6 Å². The van der Waals surface area contributed by atoms with E-state index in [1.165, 1.54) is 24.6 Å². The third kappa shape index (κ3) is 3.45. The van der Waals surface area contributed by atoms with Crippen LogP contribution < -0.4 is 10.1 Å². The molecular weight excluding hydrogens is 378 g/mol. The number of rotatable bonds is 5. The van der Waals surface area contributed by atoms with Crippen molar-refractivity contribution in [2.45, 2.75) is 6.92 Å². The van der Waals surface area contributed by atoms with Crippen molar-refractivity contribution >= 4 is 23.1 Å². The van der Waals surface area contributed by atoms with Crippen LogP contribution in [0, 0.1) is 0 Å². The van der Waals surface area contributed by atoms with Gasteiger partial charge in [-0.25, -0.2) is 15.0 Å². The Morgan fingerprint density at radius 1 is 1.25 bits per heavy atom. The first kappa shape index (κ1) is 17.7. The van der Waals surface area contributed by atoms with Gasteiger partial charge in [-0.05, 0) is 24.3 Å². The molecule has 0 fully saturated rings. The minimum Gasteiger partial charge on any atom is -0.481 e. The highest BCUT2D eigenvalue weighted by molar-refractivity contribution is 7.18. The van der Waals surface area contributed by atoms with Crippen molar-refractivity contribution in [2.24, 2.45) is 0 Å². The second-order valence-corrected chi connectivity index (χ2v) is 6.70. The van der Waals surface area contributed by atoms with Crippen LogP contribution in [-0.2, 0) is 4.79 Å². The molecule has 28 heavy (non-hydrogen) atoms. The molecule has 0 aliphatic rings. The number of hydrogen-bond acceptors (Lipinski definition) is 8. The highest BCUT2D eigenvalue weighted by atomic mass is 32.1. The Bertz CT molecular complexity index is 1120. The minimum absolute atomic E-state index is 0.188. The summed E-state index contributed by atoms with van der Waals surface area (Å²) < 4.78 is 5.40. The number of methoxy groups -OCH3 is 1. The Balaban J connectivity index is 1.86. The molecule has 4 heterocycles. The molecule has 9 nitrogen and oxygen atoms in total. The van der Waals surface area contributed by atoms with Gasteiger partial charge in [-0.15, -0.1) is 21.5 Å². The van der Waals surface area contributed by atoms with Crippen LogP contribution in [0.5, 0.6) is 5.88 Å². The summed E-state index contributed by atoms with van der Waals surface area (Å²) >= 11 is 1.44. The standard InChI is InChI=1S/C18H15N7O2S/c1-10(26)23-13-8-11(5-7-19-13)18-24-14(12-4-3-6-20-17(12)27-2)15(28-18)16-21-9-22-25-16/h3-9H,1-2H3,(H,19,23,26)(H,21,22,25). The van der Waals surface area contributed by atoms with Crippen molar-refractivity contribution in [1.29, 1.82) is 0 Å². The maximum Gasteiger partial charge on any atom is 0.222 e. The number of ether oxygens (including phenoxy) is 1. The third-order valence-corrected chi connectivity index (χ3v) is 4.90. The van der Waals surface area contributed by atoms with Gasteiger partial charge in [0.25, 0.3) is 0 Å². The number of pyridine rings is 2. The number of anilines is 1. The summed E-state index contributed by atoms with van der Waals surface area (Å²) in [4.78, 5) is 28.4. The Kier molecular flexibility index (Phi) is 4.77. The number of aromatic nitrogens is 6. The van der Waals surface area contributed by atoms with Gasteiger partial charge >= 0.3 is 0 Å². The van der Waals surface area contributed by atoms with E-state index in [0.29, 0.717) is 23.2 Å². The molecule has 0 aromatic carbocycles. The van der Waals surface area contributed by atoms with Crippen molar-refractivity contribution in [1.82, 2.24) is 30.1 Å². The van der Waals surface area contributed by atoms with Gasteiger partial charge in [0, 0.05) is 24.9 Å². The van der Waals surface area contributed by atoms with Crippen LogP contribution in [0.3, 0.4) is 0 Å². The molecule has 0 spiro atoms. The number of carbonyl (C=O) groups is 1. The van der Waals surface area contributed by atoms with Gasteiger partial charge in [0.1, 0.15) is 22.0 Å². The summed E-state index contributed by atoms with van der Waals surface area (Å²) in [5, 5.41) is 11.4. The molecule has 0 saturated heterocycles. The molecule has 4 aromatic rings. The van der Waals surface area contributed by atoms with E-state index in [0.717, 1.165) is 21.0 Å². The van der Waals surface area contributed by atoms with E-state index in [1.807, 2.05) is 18.2 Å². The third-order valence-electron chi connectivity index (χ3n) is 3.79. The number of thiazole rings is 1. The minimum atomic E-state index is -0.188. The van der Waals surface area contributed by atoms with E-state index >= 15 is 0 Å². The summed E-state index contributed by atoms with van der Waals surface area (Å²) in [7, 11) is 1.57. The largest absolute Gasteiger partial charge is 0.481 e. The van der Waals surface area contributed by atoms with Crippen molar-refractivity contribution in [2.75, 3.05) is 12.4 Å². The predicted octanol–water partition coefficient (Wildman–Crippen LogP) is 3.02. The second kappa shape index (κ2) is 7.53. The second-order valence-electron chi connectivity index (χ2n) is 5.71. The number of amides is 1. The molecule has 1 amide bonds. The average molecular weight is 393 g/mol. The zero-order valence-corrected chi connectivity index (χ0v) is 15.8. The lowest BCUT2D eigenvalue weighted by Crippen LogP contribution is -2.07. The monoisotopic (exact) mass is 393 g/mol. The van der Waals surface area contributed by atoms with Crippen LogP contribution >= 0.6 is 11.3 Å². The molecule has 10 heteroatoms. The molecule has 0 aliphatic heterocycles. The summed E-state index contributed by atoms with van der Waals surface area (Å²) in [6, 6.07) is 7.31. The normalized spacial score (nSPS) is 10.6. The van der Waals surface area contributed by atoms with Crippen LogP contribution in [0.1, 0.15) is 6.92 Å². The van der Waals surface area contributed by atoms with Crippen LogP contribution in [0.2, 0.25) is 0 Å². The summed E-state index contributed by atoms with van der Waals surface area (Å²) in [6.45, 7) is 1.44. The molecule has 0 bridgehead atoms. The highest BCUT2D eigenvalue weighted by Crippen LogP contribution is 2.41. The predicted molar refractivity (Wildman–Crippen MR) is 105 cm³/mol. The number of carbonyl (C=O) groups excluding carboxylic acids is 1. The van der Waals surface area contributed by atoms with Crippen LogP contribution in [0.4, 0.5) is 5.82 Å². The molecule has 2 N–H and O–H groups in total.